The summed E-state index contributed by atoms with van der Waals surface area (Å²) in [6.07, 6.45) is 11.0. The number of primary amides is 1. The summed E-state index contributed by atoms with van der Waals surface area (Å²) in [4.78, 5) is 14.4. The summed E-state index contributed by atoms with van der Waals surface area (Å²) in [5.74, 6) is -0.170. The fraction of sp³-hybridized carbons (Fsp3) is 0.938. The van der Waals surface area contributed by atoms with E-state index in [4.69, 9.17) is 5.73 Å². The predicted octanol–water partition coefficient (Wildman–Crippen LogP) is 2.03. The molecule has 2 aliphatic rings. The smallest absolute Gasteiger partial charge is 0.237 e. The van der Waals surface area contributed by atoms with Crippen molar-refractivity contribution >= 4 is 5.91 Å². The highest BCUT2D eigenvalue weighted by Crippen LogP contribution is 2.35. The maximum Gasteiger partial charge on any atom is 0.237 e. The van der Waals surface area contributed by atoms with Crippen LogP contribution in [0, 0.1) is 0 Å². The van der Waals surface area contributed by atoms with E-state index in [0.29, 0.717) is 12.1 Å². The minimum Gasteiger partial charge on any atom is -0.368 e. The Morgan fingerprint density at radius 3 is 2.40 bits per heavy atom. The third kappa shape index (κ3) is 3.34. The lowest BCUT2D eigenvalue weighted by molar-refractivity contribution is -0.124. The first kappa shape index (κ1) is 15.8. The van der Waals surface area contributed by atoms with Crippen LogP contribution in [0.2, 0.25) is 0 Å². The first-order valence-electron chi connectivity index (χ1n) is 8.36. The molecule has 0 radical (unpaired) electrons. The Morgan fingerprint density at radius 2 is 1.85 bits per heavy atom. The van der Waals surface area contributed by atoms with E-state index in [2.05, 4.69) is 17.3 Å². The lowest BCUT2D eigenvalue weighted by Gasteiger charge is -2.34. The van der Waals surface area contributed by atoms with E-state index < -0.39 is 5.54 Å². The Labute approximate surface area is 123 Å². The van der Waals surface area contributed by atoms with Gasteiger partial charge in [-0.25, -0.2) is 0 Å². The summed E-state index contributed by atoms with van der Waals surface area (Å²) in [6, 6.07) is 1.21. The second-order valence-electron chi connectivity index (χ2n) is 6.68. The van der Waals surface area contributed by atoms with Crippen molar-refractivity contribution in [1.82, 2.24) is 10.2 Å². The Kier molecular flexibility index (Phi) is 5.44. The summed E-state index contributed by atoms with van der Waals surface area (Å²) >= 11 is 0. The van der Waals surface area contributed by atoms with Crippen molar-refractivity contribution in [2.75, 3.05) is 13.6 Å². The fourth-order valence-electron chi connectivity index (χ4n) is 4.14. The zero-order valence-corrected chi connectivity index (χ0v) is 13.2. The molecule has 1 amide bonds. The normalized spacial score (nSPS) is 32.5. The zero-order valence-electron chi connectivity index (χ0n) is 13.2. The van der Waals surface area contributed by atoms with Crippen LogP contribution in [0.3, 0.4) is 0 Å². The molecule has 4 heteroatoms. The molecule has 0 spiro atoms. The van der Waals surface area contributed by atoms with Crippen LogP contribution in [0.4, 0.5) is 0 Å². The Bertz CT molecular complexity index is 326. The van der Waals surface area contributed by atoms with Gasteiger partial charge in [0.1, 0.15) is 0 Å². The second-order valence-corrected chi connectivity index (χ2v) is 6.68. The monoisotopic (exact) mass is 281 g/mol. The number of carbonyl (C=O) groups is 1. The summed E-state index contributed by atoms with van der Waals surface area (Å²) in [6.45, 7) is 2.86. The van der Waals surface area contributed by atoms with Crippen molar-refractivity contribution in [2.45, 2.75) is 82.3 Å². The van der Waals surface area contributed by atoms with Gasteiger partial charge in [-0.05, 0) is 45.7 Å². The second kappa shape index (κ2) is 6.90. The van der Waals surface area contributed by atoms with Gasteiger partial charge in [0.05, 0.1) is 5.54 Å². The molecule has 4 nitrogen and oxygen atoms in total. The van der Waals surface area contributed by atoms with Gasteiger partial charge in [0.15, 0.2) is 0 Å². The molecule has 0 aliphatic heterocycles. The number of likely N-dealkylation sites (N-methyl/N-ethyl adjacent to an activating group) is 1. The van der Waals surface area contributed by atoms with Gasteiger partial charge in [0.25, 0.3) is 0 Å². The third-order valence-corrected chi connectivity index (χ3v) is 5.45. The van der Waals surface area contributed by atoms with Crippen molar-refractivity contribution in [3.8, 4) is 0 Å². The first-order chi connectivity index (χ1) is 9.59. The lowest BCUT2D eigenvalue weighted by atomic mass is 9.95. The number of hydrogen-bond donors (Lipinski definition) is 2. The fourth-order valence-corrected chi connectivity index (χ4v) is 4.14. The van der Waals surface area contributed by atoms with Crippen LogP contribution in [0.5, 0.6) is 0 Å². The molecular weight excluding hydrogens is 250 g/mol. The summed E-state index contributed by atoms with van der Waals surface area (Å²) in [5, 5.41) is 3.36. The van der Waals surface area contributed by atoms with E-state index in [1.807, 2.05) is 6.92 Å². The predicted molar refractivity (Wildman–Crippen MR) is 82.5 cm³/mol. The molecule has 2 unspecified atom stereocenters. The van der Waals surface area contributed by atoms with E-state index in [0.717, 1.165) is 25.8 Å². The highest BCUT2D eigenvalue weighted by atomic mass is 16.1. The Balaban J connectivity index is 1.98. The molecule has 0 aromatic rings. The van der Waals surface area contributed by atoms with Gasteiger partial charge in [-0.3, -0.25) is 4.79 Å². The van der Waals surface area contributed by atoms with Gasteiger partial charge < -0.3 is 16.0 Å². The quantitative estimate of drug-likeness (QED) is 0.758. The number of nitrogens with two attached hydrogens (primary N) is 1. The number of nitrogens with zero attached hydrogens (tertiary/aromatic N) is 1. The van der Waals surface area contributed by atoms with E-state index in [1.54, 1.807) is 0 Å². The molecule has 2 atom stereocenters. The van der Waals surface area contributed by atoms with Crippen LogP contribution < -0.4 is 11.1 Å². The number of nitrogens with one attached hydrogen (secondary N) is 1. The van der Waals surface area contributed by atoms with Gasteiger partial charge >= 0.3 is 0 Å². The van der Waals surface area contributed by atoms with Crippen molar-refractivity contribution in [3.63, 3.8) is 0 Å². The van der Waals surface area contributed by atoms with Gasteiger partial charge in [0, 0.05) is 12.1 Å². The molecule has 2 fully saturated rings. The molecule has 0 bridgehead atoms. The molecule has 0 heterocycles. The molecule has 20 heavy (non-hydrogen) atoms. The maximum atomic E-state index is 11.9. The van der Waals surface area contributed by atoms with Gasteiger partial charge in [-0.15, -0.1) is 0 Å². The molecule has 0 aromatic carbocycles. The number of amides is 1. The van der Waals surface area contributed by atoms with Gasteiger partial charge in [0.2, 0.25) is 5.91 Å². The SMILES string of the molecule is CCNC1(C(N)=O)CCC(N(C)C2CCCCCC2)C1. The third-order valence-electron chi connectivity index (χ3n) is 5.45. The highest BCUT2D eigenvalue weighted by molar-refractivity contribution is 5.85. The molecule has 2 aliphatic carbocycles. The highest BCUT2D eigenvalue weighted by Gasteiger charge is 2.45. The zero-order chi connectivity index (χ0) is 14.6. The van der Waals surface area contributed by atoms with Crippen LogP contribution >= 0.6 is 0 Å². The minimum atomic E-state index is -0.460. The molecule has 116 valence electrons. The number of carbonyl (C=O) groups excluding carboxylic acids is 1. The van der Waals surface area contributed by atoms with Crippen molar-refractivity contribution in [3.05, 3.63) is 0 Å². The molecule has 3 N–H and O–H groups in total. The van der Waals surface area contributed by atoms with Crippen molar-refractivity contribution < 1.29 is 4.79 Å². The summed E-state index contributed by atoms with van der Waals surface area (Å²) in [7, 11) is 2.25. The summed E-state index contributed by atoms with van der Waals surface area (Å²) in [5.41, 5.74) is 5.20. The molecule has 2 rings (SSSR count). The number of hydrogen-bond acceptors (Lipinski definition) is 3. The van der Waals surface area contributed by atoms with Gasteiger partial charge in [-0.1, -0.05) is 32.6 Å². The summed E-state index contributed by atoms with van der Waals surface area (Å²) < 4.78 is 0. The van der Waals surface area contributed by atoms with Crippen LogP contribution in [-0.2, 0) is 4.79 Å². The Hall–Kier alpha value is -0.610. The molecule has 0 aromatic heterocycles. The lowest BCUT2D eigenvalue weighted by Crippen LogP contribution is -2.54. The van der Waals surface area contributed by atoms with E-state index in [1.165, 1.54) is 38.5 Å². The van der Waals surface area contributed by atoms with Crippen molar-refractivity contribution in [2.24, 2.45) is 5.73 Å². The van der Waals surface area contributed by atoms with Crippen LogP contribution in [0.15, 0.2) is 0 Å². The Morgan fingerprint density at radius 1 is 1.20 bits per heavy atom. The van der Waals surface area contributed by atoms with Crippen LogP contribution in [0.1, 0.15) is 64.7 Å². The number of rotatable bonds is 5. The molecule has 2 saturated carbocycles. The van der Waals surface area contributed by atoms with Crippen molar-refractivity contribution in [1.29, 1.82) is 0 Å². The topological polar surface area (TPSA) is 58.4 Å². The molecular formula is C16H31N3O. The molecule has 0 saturated heterocycles. The first-order valence-corrected chi connectivity index (χ1v) is 8.36. The van der Waals surface area contributed by atoms with E-state index in [9.17, 15) is 4.79 Å². The van der Waals surface area contributed by atoms with E-state index >= 15 is 0 Å². The minimum absolute atomic E-state index is 0.170. The average molecular weight is 281 g/mol. The van der Waals surface area contributed by atoms with E-state index in [-0.39, 0.29) is 5.91 Å². The largest absolute Gasteiger partial charge is 0.368 e. The standard InChI is InChI=1S/C16H31N3O/c1-3-18-16(15(17)20)11-10-14(12-16)19(2)13-8-6-4-5-7-9-13/h13-14,18H,3-12H2,1-2H3,(H2,17,20). The van der Waals surface area contributed by atoms with Crippen LogP contribution in [-0.4, -0.2) is 42.0 Å². The maximum absolute atomic E-state index is 11.9. The van der Waals surface area contributed by atoms with Gasteiger partial charge in [-0.2, -0.15) is 0 Å². The average Bonchev–Trinajstić information content (AvgIpc) is 2.68. The van der Waals surface area contributed by atoms with Crippen LogP contribution in [0.25, 0.3) is 0 Å².